The van der Waals surface area contributed by atoms with Gasteiger partial charge in [-0.3, -0.25) is 4.79 Å². The number of benzene rings is 2. The maximum atomic E-state index is 12.6. The summed E-state index contributed by atoms with van der Waals surface area (Å²) in [5, 5.41) is 2.29. The van der Waals surface area contributed by atoms with Gasteiger partial charge in [0.25, 0.3) is 5.91 Å². The lowest BCUT2D eigenvalue weighted by atomic mass is 10.2. The Morgan fingerprint density at radius 1 is 1.06 bits per heavy atom. The number of carbonyl (C=O) groups excluding carboxylic acids is 1. The van der Waals surface area contributed by atoms with Gasteiger partial charge in [0.2, 0.25) is 0 Å². The number of nitrogens with zero attached hydrogens (tertiary/aromatic N) is 2. The molecule has 0 saturated heterocycles. The lowest BCUT2D eigenvalue weighted by Gasteiger charge is -2.10. The van der Waals surface area contributed by atoms with Gasteiger partial charge in [-0.1, -0.05) is 12.1 Å². The largest absolute Gasteiger partial charge is 0.487 e. The zero-order valence-electron chi connectivity index (χ0n) is 17.7. The van der Waals surface area contributed by atoms with Crippen LogP contribution in [0.1, 0.15) is 29.9 Å². The Balaban J connectivity index is 1.41. The number of fused-ring (bicyclic) bond motifs is 1. The molecule has 2 heterocycles. The standard InChI is InChI=1S/C24H23N3O4S/c1-17(2)32(29,30)22-11-9-18(10-12-22)24(28)26-19-6-5-7-21(14-19)31-16-20-15-27-13-4-3-8-23(27)25-20/h3-15,17H,16H2,1-2H3,(H,26,28). The first-order valence-electron chi connectivity index (χ1n) is 10.1. The number of aromatic nitrogens is 2. The third-order valence-corrected chi connectivity index (χ3v) is 7.13. The first-order valence-corrected chi connectivity index (χ1v) is 11.7. The van der Waals surface area contributed by atoms with Crippen LogP contribution in [0.3, 0.4) is 0 Å². The van der Waals surface area contributed by atoms with Gasteiger partial charge in [-0.15, -0.1) is 0 Å². The van der Waals surface area contributed by atoms with Crippen molar-refractivity contribution in [2.24, 2.45) is 0 Å². The van der Waals surface area contributed by atoms with E-state index in [0.29, 0.717) is 23.6 Å². The van der Waals surface area contributed by atoms with E-state index in [1.165, 1.54) is 24.3 Å². The van der Waals surface area contributed by atoms with Crippen LogP contribution in [0.25, 0.3) is 5.65 Å². The predicted molar refractivity (Wildman–Crippen MR) is 123 cm³/mol. The molecule has 1 N–H and O–H groups in total. The van der Waals surface area contributed by atoms with Crippen LogP contribution in [-0.2, 0) is 16.4 Å². The Bertz CT molecular complexity index is 1330. The molecule has 0 spiro atoms. The van der Waals surface area contributed by atoms with E-state index in [4.69, 9.17) is 4.74 Å². The average Bonchev–Trinajstić information content (AvgIpc) is 3.21. The Hall–Kier alpha value is -3.65. The minimum atomic E-state index is -3.38. The maximum Gasteiger partial charge on any atom is 0.255 e. The van der Waals surface area contributed by atoms with Gasteiger partial charge in [-0.2, -0.15) is 0 Å². The number of rotatable bonds is 7. The van der Waals surface area contributed by atoms with Gasteiger partial charge in [0, 0.05) is 29.7 Å². The van der Waals surface area contributed by atoms with E-state index in [1.54, 1.807) is 38.1 Å². The lowest BCUT2D eigenvalue weighted by molar-refractivity contribution is 0.102. The molecule has 32 heavy (non-hydrogen) atoms. The molecule has 0 aliphatic carbocycles. The van der Waals surface area contributed by atoms with Crippen molar-refractivity contribution < 1.29 is 17.9 Å². The summed E-state index contributed by atoms with van der Waals surface area (Å²) >= 11 is 0. The Morgan fingerprint density at radius 2 is 1.84 bits per heavy atom. The van der Waals surface area contributed by atoms with Gasteiger partial charge in [0.1, 0.15) is 18.0 Å². The molecule has 0 bridgehead atoms. The molecule has 2 aromatic carbocycles. The van der Waals surface area contributed by atoms with Crippen LogP contribution in [0.4, 0.5) is 5.69 Å². The highest BCUT2D eigenvalue weighted by Gasteiger charge is 2.19. The summed E-state index contributed by atoms with van der Waals surface area (Å²) in [5.41, 5.74) is 2.58. The van der Waals surface area contributed by atoms with Gasteiger partial charge in [-0.05, 0) is 62.4 Å². The second-order valence-corrected chi connectivity index (χ2v) is 10.1. The first-order chi connectivity index (χ1) is 15.3. The fourth-order valence-electron chi connectivity index (χ4n) is 3.15. The number of anilines is 1. The van der Waals surface area contributed by atoms with Gasteiger partial charge < -0.3 is 14.5 Å². The number of carbonyl (C=O) groups is 1. The van der Waals surface area contributed by atoms with Crippen molar-refractivity contribution >= 4 is 27.1 Å². The molecule has 0 unspecified atom stereocenters. The van der Waals surface area contributed by atoms with Crippen LogP contribution < -0.4 is 10.1 Å². The Morgan fingerprint density at radius 3 is 2.56 bits per heavy atom. The maximum absolute atomic E-state index is 12.6. The quantitative estimate of drug-likeness (QED) is 0.453. The minimum Gasteiger partial charge on any atom is -0.487 e. The Labute approximate surface area is 186 Å². The summed E-state index contributed by atoms with van der Waals surface area (Å²) in [6.07, 6.45) is 3.83. The van der Waals surface area contributed by atoms with Gasteiger partial charge in [0.15, 0.2) is 9.84 Å². The summed E-state index contributed by atoms with van der Waals surface area (Å²) in [5.74, 6) is 0.259. The molecule has 0 fully saturated rings. The fraction of sp³-hybridized carbons (Fsp3) is 0.167. The molecule has 4 rings (SSSR count). The Kier molecular flexibility index (Phi) is 5.96. The van der Waals surface area contributed by atoms with Gasteiger partial charge in [0.05, 0.1) is 15.8 Å². The molecule has 164 valence electrons. The number of amides is 1. The van der Waals surface area contributed by atoms with Crippen molar-refractivity contribution in [3.63, 3.8) is 0 Å². The van der Waals surface area contributed by atoms with Crippen LogP contribution in [0.2, 0.25) is 0 Å². The van der Waals surface area contributed by atoms with Crippen LogP contribution in [-0.4, -0.2) is 29.0 Å². The molecule has 1 amide bonds. The van der Waals surface area contributed by atoms with Gasteiger partial charge >= 0.3 is 0 Å². The van der Waals surface area contributed by atoms with E-state index < -0.39 is 15.1 Å². The van der Waals surface area contributed by atoms with Crippen molar-refractivity contribution in [2.45, 2.75) is 30.6 Å². The molecule has 4 aromatic rings. The number of nitrogens with one attached hydrogen (secondary N) is 1. The monoisotopic (exact) mass is 449 g/mol. The number of hydrogen-bond donors (Lipinski definition) is 1. The van der Waals surface area contributed by atoms with E-state index in [-0.39, 0.29) is 10.8 Å². The molecule has 0 atom stereocenters. The van der Waals surface area contributed by atoms with Crippen molar-refractivity contribution in [2.75, 3.05) is 5.32 Å². The third-order valence-electron chi connectivity index (χ3n) is 4.96. The second kappa shape index (κ2) is 8.84. The summed E-state index contributed by atoms with van der Waals surface area (Å²) in [6, 6.07) is 18.8. The van der Waals surface area contributed by atoms with E-state index in [9.17, 15) is 13.2 Å². The molecule has 0 radical (unpaired) electrons. The highest BCUT2D eigenvalue weighted by Crippen LogP contribution is 2.21. The summed E-state index contributed by atoms with van der Waals surface area (Å²) < 4.78 is 32.2. The number of pyridine rings is 1. The number of hydrogen-bond acceptors (Lipinski definition) is 5. The number of sulfone groups is 1. The normalized spacial score (nSPS) is 11.6. The van der Waals surface area contributed by atoms with E-state index in [2.05, 4.69) is 10.3 Å². The molecule has 2 aromatic heterocycles. The van der Waals surface area contributed by atoms with E-state index in [1.807, 2.05) is 35.0 Å². The number of ether oxygens (including phenoxy) is 1. The highest BCUT2D eigenvalue weighted by atomic mass is 32.2. The summed E-state index contributed by atoms with van der Waals surface area (Å²) in [6.45, 7) is 3.55. The average molecular weight is 450 g/mol. The molecular weight excluding hydrogens is 426 g/mol. The predicted octanol–water partition coefficient (Wildman–Crippen LogP) is 4.35. The lowest BCUT2D eigenvalue weighted by Crippen LogP contribution is -2.15. The van der Waals surface area contributed by atoms with E-state index >= 15 is 0 Å². The van der Waals surface area contributed by atoms with Gasteiger partial charge in [-0.25, -0.2) is 13.4 Å². The molecule has 0 saturated carbocycles. The summed E-state index contributed by atoms with van der Waals surface area (Å²) in [4.78, 5) is 17.3. The smallest absolute Gasteiger partial charge is 0.255 e. The van der Waals surface area contributed by atoms with Crippen LogP contribution >= 0.6 is 0 Å². The molecule has 8 heteroatoms. The topological polar surface area (TPSA) is 89.8 Å². The van der Waals surface area contributed by atoms with Crippen LogP contribution in [0, 0.1) is 0 Å². The molecule has 0 aliphatic rings. The highest BCUT2D eigenvalue weighted by molar-refractivity contribution is 7.92. The molecule has 7 nitrogen and oxygen atoms in total. The van der Waals surface area contributed by atoms with Crippen molar-refractivity contribution in [1.29, 1.82) is 0 Å². The van der Waals surface area contributed by atoms with Crippen molar-refractivity contribution in [3.05, 3.63) is 90.4 Å². The zero-order valence-corrected chi connectivity index (χ0v) is 18.5. The van der Waals surface area contributed by atoms with E-state index in [0.717, 1.165) is 11.3 Å². The first kappa shape index (κ1) is 21.6. The molecule has 0 aliphatic heterocycles. The summed E-state index contributed by atoms with van der Waals surface area (Å²) in [7, 11) is -3.38. The SMILES string of the molecule is CC(C)S(=O)(=O)c1ccc(C(=O)Nc2cccc(OCc3cn4ccccc4n3)c2)cc1. The van der Waals surface area contributed by atoms with Crippen LogP contribution in [0.15, 0.2) is 84.0 Å². The zero-order chi connectivity index (χ0) is 22.7. The van der Waals surface area contributed by atoms with Crippen LogP contribution in [0.5, 0.6) is 5.75 Å². The van der Waals surface area contributed by atoms with Crippen molar-refractivity contribution in [1.82, 2.24) is 9.38 Å². The molecular formula is C24H23N3O4S. The minimum absolute atomic E-state index is 0.200. The van der Waals surface area contributed by atoms with Crippen molar-refractivity contribution in [3.8, 4) is 5.75 Å². The number of imidazole rings is 1. The third kappa shape index (κ3) is 4.65. The second-order valence-electron chi connectivity index (χ2n) is 7.59. The fourth-order valence-corrected chi connectivity index (χ4v) is 4.21.